The molecular formula is C46H47F4N9O6. The molecule has 4 aromatic rings. The van der Waals surface area contributed by atoms with Crippen LogP contribution in [0, 0.1) is 11.7 Å². The second kappa shape index (κ2) is 17.3. The van der Waals surface area contributed by atoms with Crippen molar-refractivity contribution >= 4 is 63.8 Å². The Morgan fingerprint density at radius 1 is 0.862 bits per heavy atom. The zero-order valence-corrected chi connectivity index (χ0v) is 35.6. The summed E-state index contributed by atoms with van der Waals surface area (Å²) in [6.45, 7) is 3.92. The number of nitrogens with one attached hydrogen (secondary N) is 4. The summed E-state index contributed by atoms with van der Waals surface area (Å²) >= 11 is 0. The summed E-state index contributed by atoms with van der Waals surface area (Å²) in [6, 6.07) is 14.6. The Hall–Kier alpha value is -6.76. The molecule has 9 rings (SSSR count). The second-order valence-corrected chi connectivity index (χ2v) is 17.1. The Balaban J connectivity index is 0.820. The molecule has 2 bridgehead atoms. The van der Waals surface area contributed by atoms with E-state index in [1.807, 2.05) is 12.1 Å². The third-order valence-electron chi connectivity index (χ3n) is 13.2. The number of carbonyl (C=O) groups is 5. The monoisotopic (exact) mass is 897 g/mol. The van der Waals surface area contributed by atoms with Gasteiger partial charge in [-0.05, 0) is 74.4 Å². The molecule has 4 saturated heterocycles. The number of para-hydroxylation sites is 1. The van der Waals surface area contributed by atoms with Gasteiger partial charge in [-0.15, -0.1) is 0 Å². The maximum absolute atomic E-state index is 15.9. The van der Waals surface area contributed by atoms with Crippen LogP contribution >= 0.6 is 0 Å². The fourth-order valence-corrected chi connectivity index (χ4v) is 9.99. The number of anilines is 6. The van der Waals surface area contributed by atoms with E-state index >= 15 is 4.39 Å². The molecule has 15 nitrogen and oxygen atoms in total. The van der Waals surface area contributed by atoms with Gasteiger partial charge >= 0.3 is 6.18 Å². The number of halogens is 4. The van der Waals surface area contributed by atoms with Gasteiger partial charge in [0.25, 0.3) is 17.7 Å². The average molecular weight is 898 g/mol. The van der Waals surface area contributed by atoms with E-state index in [4.69, 9.17) is 4.74 Å². The molecule has 3 unspecified atom stereocenters. The van der Waals surface area contributed by atoms with Gasteiger partial charge < -0.3 is 30.5 Å². The van der Waals surface area contributed by atoms with E-state index in [1.54, 1.807) is 18.2 Å². The largest absolute Gasteiger partial charge is 0.494 e. The van der Waals surface area contributed by atoms with Gasteiger partial charge in [0.1, 0.15) is 23.4 Å². The van der Waals surface area contributed by atoms with Gasteiger partial charge in [0.2, 0.25) is 11.8 Å². The van der Waals surface area contributed by atoms with Crippen LogP contribution in [0.4, 0.5) is 51.8 Å². The van der Waals surface area contributed by atoms with E-state index in [1.165, 1.54) is 38.4 Å². The van der Waals surface area contributed by atoms with E-state index in [9.17, 15) is 37.1 Å². The number of pyridine rings is 1. The number of nitrogens with zero attached hydrogens (tertiary/aromatic N) is 5. The van der Waals surface area contributed by atoms with Crippen molar-refractivity contribution in [3.8, 4) is 5.75 Å². The molecule has 65 heavy (non-hydrogen) atoms. The number of rotatable bonds is 11. The van der Waals surface area contributed by atoms with Crippen LogP contribution in [0.5, 0.6) is 5.75 Å². The maximum Gasteiger partial charge on any atom is 0.419 e. The molecular weight excluding hydrogens is 851 g/mol. The molecule has 4 fully saturated rings. The van der Waals surface area contributed by atoms with E-state index in [2.05, 4.69) is 41.0 Å². The minimum Gasteiger partial charge on any atom is -0.494 e. The highest BCUT2D eigenvalue weighted by Crippen LogP contribution is 2.42. The number of carbonyl (C=O) groups excluding carboxylic acids is 5. The van der Waals surface area contributed by atoms with Crippen LogP contribution in [0.25, 0.3) is 0 Å². The molecule has 0 spiro atoms. The Labute approximate surface area is 371 Å². The van der Waals surface area contributed by atoms with Gasteiger partial charge in [0.05, 0.1) is 52.1 Å². The molecule has 5 amide bonds. The Kier molecular flexibility index (Phi) is 11.6. The number of benzene rings is 3. The van der Waals surface area contributed by atoms with Crippen LogP contribution < -0.4 is 35.8 Å². The summed E-state index contributed by atoms with van der Waals surface area (Å²) in [6.07, 6.45) is -0.369. The number of methoxy groups -OCH3 is 1. The highest BCUT2D eigenvalue weighted by atomic mass is 19.4. The van der Waals surface area contributed by atoms with Crippen molar-refractivity contribution in [1.29, 1.82) is 0 Å². The summed E-state index contributed by atoms with van der Waals surface area (Å²) in [5.74, 6) is -2.60. The van der Waals surface area contributed by atoms with E-state index in [0.29, 0.717) is 17.4 Å². The van der Waals surface area contributed by atoms with Gasteiger partial charge in [-0.2, -0.15) is 13.2 Å². The Morgan fingerprint density at radius 2 is 1.57 bits per heavy atom. The van der Waals surface area contributed by atoms with Crippen LogP contribution in [0.2, 0.25) is 0 Å². The normalized spacial score (nSPS) is 21.4. The fraction of sp³-hybridized carbons (Fsp3) is 0.391. The summed E-state index contributed by atoms with van der Waals surface area (Å²) < 4.78 is 63.9. The molecule has 0 aliphatic carbocycles. The molecule has 5 aliphatic heterocycles. The fourth-order valence-electron chi connectivity index (χ4n) is 9.99. The number of ether oxygens (including phenoxy) is 1. The molecule has 3 aromatic carbocycles. The lowest BCUT2D eigenvalue weighted by molar-refractivity contribution is -0.137. The lowest BCUT2D eigenvalue weighted by Crippen LogP contribution is -2.55. The third-order valence-corrected chi connectivity index (χ3v) is 13.2. The van der Waals surface area contributed by atoms with Crippen LogP contribution in [-0.4, -0.2) is 109 Å². The number of imide groups is 2. The summed E-state index contributed by atoms with van der Waals surface area (Å²) in [5.41, 5.74) is 0.788. The molecule has 5 aliphatic rings. The summed E-state index contributed by atoms with van der Waals surface area (Å²) in [4.78, 5) is 75.2. The first kappa shape index (κ1) is 43.5. The number of alkyl halides is 3. The quantitative estimate of drug-likeness (QED) is 0.102. The zero-order chi connectivity index (χ0) is 45.7. The predicted octanol–water partition coefficient (Wildman–Crippen LogP) is 6.07. The van der Waals surface area contributed by atoms with E-state index < -0.39 is 53.1 Å². The van der Waals surface area contributed by atoms with Gasteiger partial charge in [-0.25, -0.2) is 9.37 Å². The van der Waals surface area contributed by atoms with Gasteiger partial charge in [-0.3, -0.25) is 39.1 Å². The van der Waals surface area contributed by atoms with E-state index in [0.717, 1.165) is 81.3 Å². The van der Waals surface area contributed by atoms with Crippen LogP contribution in [0.15, 0.2) is 66.9 Å². The molecule has 6 heterocycles. The lowest BCUT2D eigenvalue weighted by Gasteiger charge is -2.44. The topological polar surface area (TPSA) is 169 Å². The minimum absolute atomic E-state index is 0.00308. The molecule has 4 N–H and O–H groups in total. The second-order valence-electron chi connectivity index (χ2n) is 17.1. The Morgan fingerprint density at radius 3 is 2.25 bits per heavy atom. The van der Waals surface area contributed by atoms with E-state index in [-0.39, 0.29) is 64.5 Å². The zero-order valence-electron chi connectivity index (χ0n) is 35.6. The van der Waals surface area contributed by atoms with Crippen LogP contribution in [-0.2, 0) is 15.8 Å². The third kappa shape index (κ3) is 8.40. The first-order valence-electron chi connectivity index (χ1n) is 21.6. The predicted molar refractivity (Wildman–Crippen MR) is 232 cm³/mol. The first-order chi connectivity index (χ1) is 31.2. The Bertz CT molecular complexity index is 2570. The maximum atomic E-state index is 15.9. The molecule has 0 radical (unpaired) electrons. The number of fused-ring (bicyclic) bond motifs is 3. The minimum atomic E-state index is -4.72. The first-order valence-corrected chi connectivity index (χ1v) is 21.6. The summed E-state index contributed by atoms with van der Waals surface area (Å²) in [5, 5.41) is 10.6. The number of likely N-dealkylation sites (tertiary alicyclic amines) is 1. The average Bonchev–Trinajstić information content (AvgIpc) is 3.68. The standard InChI is InChI=1S/C46H47F4N9O6/c1-51-42(61)29-5-3-4-6-34(29)53-36-20-40(52-21-32(36)46(48,49)50)54-35-10-9-26(17-39(35)65-2)57-15-13-25(14-16-57)22-56-23-27-7-8-28(24-56)58(27)38-19-31-30(18-33(38)47)44(63)59(45(31)64)37-11-12-41(60)55-43(37)62/h3-6,9-10,17-21,25,27-28,37H,7-8,11-16,22-24H2,1-2H3,(H,51,61)(H2,52,53,54)(H,55,60,62). The molecule has 0 saturated carbocycles. The number of hydrogen-bond donors (Lipinski definition) is 4. The molecule has 340 valence electrons. The van der Waals surface area contributed by atoms with Crippen LogP contribution in [0.3, 0.4) is 0 Å². The SMILES string of the molecule is CNC(=O)c1ccccc1Nc1cc(Nc2ccc(N3CCC(CN4CC5CCC(C4)N5c4cc5c(cc4F)C(=O)N(C4CCC(=O)NC4=O)C5=O)CC3)cc2OC)ncc1C(F)(F)F. The number of aromatic nitrogens is 1. The lowest BCUT2D eigenvalue weighted by atomic mass is 9.95. The molecule has 19 heteroatoms. The smallest absolute Gasteiger partial charge is 0.419 e. The van der Waals surface area contributed by atoms with Gasteiger partial charge in [0, 0.05) is 82.3 Å². The van der Waals surface area contributed by atoms with Gasteiger partial charge in [-0.1, -0.05) is 12.1 Å². The van der Waals surface area contributed by atoms with Crippen molar-refractivity contribution in [2.75, 3.05) is 67.3 Å². The van der Waals surface area contributed by atoms with Gasteiger partial charge in [0.15, 0.2) is 0 Å². The van der Waals surface area contributed by atoms with Crippen molar-refractivity contribution in [1.82, 2.24) is 25.4 Å². The number of amides is 5. The highest BCUT2D eigenvalue weighted by molar-refractivity contribution is 6.23. The van der Waals surface area contributed by atoms with Crippen molar-refractivity contribution in [3.05, 3.63) is 94.9 Å². The summed E-state index contributed by atoms with van der Waals surface area (Å²) in [7, 11) is 2.96. The highest BCUT2D eigenvalue weighted by Gasteiger charge is 2.47. The van der Waals surface area contributed by atoms with Crippen LogP contribution in [0.1, 0.15) is 75.2 Å². The van der Waals surface area contributed by atoms with Crippen molar-refractivity contribution in [3.63, 3.8) is 0 Å². The van der Waals surface area contributed by atoms with Crippen molar-refractivity contribution < 1.29 is 46.3 Å². The molecule has 3 atom stereocenters. The number of hydrogen-bond acceptors (Lipinski definition) is 12. The van der Waals surface area contributed by atoms with Crippen molar-refractivity contribution in [2.24, 2.45) is 5.92 Å². The number of piperidine rings is 2. The number of piperazine rings is 1. The molecule has 1 aromatic heterocycles. The van der Waals surface area contributed by atoms with Crippen molar-refractivity contribution in [2.45, 2.75) is 62.8 Å².